The molecule has 114 valence electrons. The van der Waals surface area contributed by atoms with Crippen LogP contribution in [0.3, 0.4) is 0 Å². The largest absolute Gasteiger partial charge is 0.396 e. The van der Waals surface area contributed by atoms with Gasteiger partial charge in [0.2, 0.25) is 5.78 Å². The molecule has 0 aromatic carbocycles. The Morgan fingerprint density at radius 2 is 1.85 bits per heavy atom. The fraction of sp³-hybridized carbons (Fsp3) is 0.786. The highest BCUT2D eigenvalue weighted by Crippen LogP contribution is 2.22. The number of aliphatic hydroxyl groups is 2. The molecule has 0 saturated heterocycles. The van der Waals surface area contributed by atoms with E-state index in [4.69, 9.17) is 5.11 Å². The first kappa shape index (κ1) is 16.8. The number of Topliss-reactive ketones (excluding diaryl/α,β-unsaturated/α-hetero) is 2. The normalized spacial score (nSPS) is 16.6. The fourth-order valence-corrected chi connectivity index (χ4v) is 1.69. The number of rotatable bonds is 9. The predicted molar refractivity (Wildman–Crippen MR) is 71.9 cm³/mol. The van der Waals surface area contributed by atoms with E-state index < -0.39 is 29.0 Å². The van der Waals surface area contributed by atoms with Crippen molar-refractivity contribution in [3.8, 4) is 0 Å². The number of ketones is 2. The lowest BCUT2D eigenvalue weighted by Crippen LogP contribution is -2.39. The summed E-state index contributed by atoms with van der Waals surface area (Å²) in [6.45, 7) is 2.87. The van der Waals surface area contributed by atoms with Gasteiger partial charge in [-0.05, 0) is 19.3 Å². The first-order valence-corrected chi connectivity index (χ1v) is 6.93. The van der Waals surface area contributed by atoms with Gasteiger partial charge in [-0.3, -0.25) is 14.4 Å². The molecule has 3 N–H and O–H groups in total. The van der Waals surface area contributed by atoms with Gasteiger partial charge in [-0.15, -0.1) is 0 Å². The molecule has 1 atom stereocenters. The van der Waals surface area contributed by atoms with Crippen molar-refractivity contribution in [1.82, 2.24) is 5.32 Å². The number of hydrogen-bond acceptors (Lipinski definition) is 5. The van der Waals surface area contributed by atoms with Crippen molar-refractivity contribution in [2.45, 2.75) is 58.1 Å². The number of aliphatic hydroxyl groups excluding tert-OH is 2. The van der Waals surface area contributed by atoms with Gasteiger partial charge in [-0.25, -0.2) is 0 Å². The maximum atomic E-state index is 11.7. The molecular weight excluding hydrogens is 262 g/mol. The lowest BCUT2D eigenvalue weighted by Gasteiger charge is -2.26. The van der Waals surface area contributed by atoms with Crippen molar-refractivity contribution in [3.63, 3.8) is 0 Å². The third kappa shape index (κ3) is 5.02. The van der Waals surface area contributed by atoms with Crippen LogP contribution in [0.25, 0.3) is 0 Å². The Labute approximate surface area is 118 Å². The lowest BCUT2D eigenvalue weighted by molar-refractivity contribution is -0.138. The van der Waals surface area contributed by atoms with Crippen LogP contribution in [0.1, 0.15) is 46.0 Å². The van der Waals surface area contributed by atoms with E-state index in [9.17, 15) is 19.5 Å². The zero-order valence-corrected chi connectivity index (χ0v) is 12.0. The summed E-state index contributed by atoms with van der Waals surface area (Å²) in [7, 11) is 0. The molecule has 1 amide bonds. The monoisotopic (exact) mass is 285 g/mol. The van der Waals surface area contributed by atoms with Crippen LogP contribution < -0.4 is 5.32 Å². The third-order valence-electron chi connectivity index (χ3n) is 3.45. The van der Waals surface area contributed by atoms with Crippen LogP contribution >= 0.6 is 0 Å². The summed E-state index contributed by atoms with van der Waals surface area (Å²) in [5.74, 6) is -1.53. The minimum absolute atomic E-state index is 0.00341. The summed E-state index contributed by atoms with van der Waals surface area (Å²) in [6.07, 6.45) is 0.820. The Morgan fingerprint density at radius 3 is 2.35 bits per heavy atom. The molecule has 20 heavy (non-hydrogen) atoms. The van der Waals surface area contributed by atoms with Gasteiger partial charge in [-0.1, -0.05) is 13.8 Å². The molecule has 1 aliphatic rings. The van der Waals surface area contributed by atoms with Gasteiger partial charge in [0.1, 0.15) is 6.10 Å². The van der Waals surface area contributed by atoms with Gasteiger partial charge in [0.25, 0.3) is 5.91 Å². The average molecular weight is 285 g/mol. The minimum Gasteiger partial charge on any atom is -0.396 e. The standard InChI is InChI=1S/C14H23NO5/c1-14(2,8-16)12(19)10(17)4-3-5-11(18)13(20)15-9-6-7-9/h9,12,16,19H,3-8H2,1-2H3,(H,15,20)/t12-/m0/s1. The SMILES string of the molecule is CC(C)(CO)[C@@H](O)C(=O)CCCC(=O)C(=O)NC1CC1. The second-order valence-electron chi connectivity index (χ2n) is 6.04. The van der Waals surface area contributed by atoms with Crippen LogP contribution in [0, 0.1) is 5.41 Å². The van der Waals surface area contributed by atoms with Gasteiger partial charge in [0.15, 0.2) is 5.78 Å². The molecule has 0 aromatic rings. The van der Waals surface area contributed by atoms with Crippen molar-refractivity contribution in [2.75, 3.05) is 6.61 Å². The summed E-state index contributed by atoms with van der Waals surface area (Å²) in [6, 6.07) is 0.139. The van der Waals surface area contributed by atoms with Crippen molar-refractivity contribution in [1.29, 1.82) is 0 Å². The molecule has 1 aliphatic carbocycles. The van der Waals surface area contributed by atoms with Crippen molar-refractivity contribution >= 4 is 17.5 Å². The minimum atomic E-state index is -1.26. The van der Waals surface area contributed by atoms with E-state index in [2.05, 4.69) is 5.32 Å². The highest BCUT2D eigenvalue weighted by molar-refractivity contribution is 6.36. The quantitative estimate of drug-likeness (QED) is 0.515. The maximum Gasteiger partial charge on any atom is 0.287 e. The molecule has 0 heterocycles. The Kier molecular flexibility index (Phi) is 5.83. The molecular formula is C14H23NO5. The van der Waals surface area contributed by atoms with E-state index in [1.54, 1.807) is 13.8 Å². The second kappa shape index (κ2) is 6.95. The average Bonchev–Trinajstić information content (AvgIpc) is 3.21. The van der Waals surface area contributed by atoms with Crippen LogP contribution in [-0.4, -0.2) is 46.4 Å². The molecule has 0 aromatic heterocycles. The highest BCUT2D eigenvalue weighted by atomic mass is 16.3. The Balaban J connectivity index is 2.27. The molecule has 1 saturated carbocycles. The first-order chi connectivity index (χ1) is 9.27. The molecule has 0 bridgehead atoms. The van der Waals surface area contributed by atoms with Crippen LogP contribution in [0.2, 0.25) is 0 Å². The predicted octanol–water partition coefficient (Wildman–Crippen LogP) is -0.0471. The van der Waals surface area contributed by atoms with E-state index in [1.165, 1.54) is 0 Å². The lowest BCUT2D eigenvalue weighted by atomic mass is 9.84. The number of nitrogens with one attached hydrogen (secondary N) is 1. The van der Waals surface area contributed by atoms with E-state index in [-0.39, 0.29) is 31.9 Å². The number of carbonyl (C=O) groups excluding carboxylic acids is 3. The van der Waals surface area contributed by atoms with Gasteiger partial charge in [-0.2, -0.15) is 0 Å². The second-order valence-corrected chi connectivity index (χ2v) is 6.04. The smallest absolute Gasteiger partial charge is 0.287 e. The summed E-state index contributed by atoms with van der Waals surface area (Å²) >= 11 is 0. The summed E-state index contributed by atoms with van der Waals surface area (Å²) in [4.78, 5) is 34.6. The van der Waals surface area contributed by atoms with Crippen molar-refractivity contribution < 1.29 is 24.6 Å². The molecule has 0 spiro atoms. The van der Waals surface area contributed by atoms with Gasteiger partial charge >= 0.3 is 0 Å². The Hall–Kier alpha value is -1.27. The van der Waals surface area contributed by atoms with E-state index >= 15 is 0 Å². The van der Waals surface area contributed by atoms with Crippen LogP contribution in [0.5, 0.6) is 0 Å². The molecule has 0 unspecified atom stereocenters. The fourth-order valence-electron chi connectivity index (χ4n) is 1.69. The van der Waals surface area contributed by atoms with E-state index in [0.29, 0.717) is 0 Å². The molecule has 1 rings (SSSR count). The van der Waals surface area contributed by atoms with Crippen LogP contribution in [0.4, 0.5) is 0 Å². The number of carbonyl (C=O) groups is 3. The highest BCUT2D eigenvalue weighted by Gasteiger charge is 2.32. The topological polar surface area (TPSA) is 104 Å². The summed E-state index contributed by atoms with van der Waals surface area (Å²) < 4.78 is 0. The van der Waals surface area contributed by atoms with Gasteiger partial charge in [0, 0.05) is 24.3 Å². The Morgan fingerprint density at radius 1 is 1.25 bits per heavy atom. The number of amides is 1. The van der Waals surface area contributed by atoms with Gasteiger partial charge < -0.3 is 15.5 Å². The van der Waals surface area contributed by atoms with Crippen LogP contribution in [-0.2, 0) is 14.4 Å². The molecule has 1 fully saturated rings. The summed E-state index contributed by atoms with van der Waals surface area (Å²) in [5.41, 5.74) is -0.898. The summed E-state index contributed by atoms with van der Waals surface area (Å²) in [5, 5.41) is 21.4. The zero-order chi connectivity index (χ0) is 15.3. The molecule has 0 aliphatic heterocycles. The maximum absolute atomic E-state index is 11.7. The first-order valence-electron chi connectivity index (χ1n) is 6.93. The molecule has 6 nitrogen and oxygen atoms in total. The third-order valence-corrected chi connectivity index (χ3v) is 3.45. The molecule has 6 heteroatoms. The van der Waals surface area contributed by atoms with Gasteiger partial charge in [0.05, 0.1) is 6.61 Å². The molecule has 0 radical (unpaired) electrons. The number of hydrogen-bond donors (Lipinski definition) is 3. The van der Waals surface area contributed by atoms with Crippen molar-refractivity contribution in [2.24, 2.45) is 5.41 Å². The Bertz CT molecular complexity index is 387. The zero-order valence-electron chi connectivity index (χ0n) is 12.0. The van der Waals surface area contributed by atoms with E-state index in [1.807, 2.05) is 0 Å². The van der Waals surface area contributed by atoms with E-state index in [0.717, 1.165) is 12.8 Å². The van der Waals surface area contributed by atoms with Crippen molar-refractivity contribution in [3.05, 3.63) is 0 Å². The van der Waals surface area contributed by atoms with Crippen LogP contribution in [0.15, 0.2) is 0 Å².